The van der Waals surface area contributed by atoms with Gasteiger partial charge in [0.05, 0.1) is 38.6 Å². The van der Waals surface area contributed by atoms with Crippen molar-refractivity contribution in [1.29, 1.82) is 0 Å². The first-order valence-corrected chi connectivity index (χ1v) is 37.1. The van der Waals surface area contributed by atoms with E-state index in [1.165, 1.54) is 64.2 Å². The predicted octanol–water partition coefficient (Wildman–Crippen LogP) is 11.1. The first-order chi connectivity index (χ1) is 47.8. The smallest absolute Gasteiger partial charge is 0.220 e. The number of hydrogen-bond donors (Lipinski definition) is 12. The normalized spacial score (nSPS) is 27.6. The minimum atomic E-state index is -1.99. The molecule has 17 atom stereocenters. The van der Waals surface area contributed by atoms with E-state index in [-0.39, 0.29) is 18.9 Å². The van der Waals surface area contributed by atoms with Crippen molar-refractivity contribution >= 4 is 5.91 Å². The van der Waals surface area contributed by atoms with Crippen LogP contribution in [0.1, 0.15) is 213 Å². The summed E-state index contributed by atoms with van der Waals surface area (Å²) in [6, 6.07) is -1.01. The molecule has 12 N–H and O–H groups in total. The molecular formula is C79H129NO18. The zero-order valence-electron chi connectivity index (χ0n) is 59.2. The van der Waals surface area contributed by atoms with Gasteiger partial charge in [0.2, 0.25) is 5.91 Å². The fraction of sp³-hybridized carbons (Fsp3) is 0.684. The molecule has 3 saturated heterocycles. The lowest BCUT2D eigenvalue weighted by Gasteiger charge is -2.48. The molecule has 3 aliphatic rings. The van der Waals surface area contributed by atoms with Crippen molar-refractivity contribution in [1.82, 2.24) is 5.32 Å². The Labute approximate surface area is 587 Å². The SMILES string of the molecule is CC/C=C\C/C=C\C/C=C\C/C=C\C/C=C\C/C=C\C/C=C\C/C=C\C/C=C\CCCCCCCCCCCCCC(=O)NC(COC1OC(CO)C(OC2OC(CO)C(OC3OC(CO)C(O)C(O)C3O)C(O)C2O)C(O)C1O)C(O)/C=C/CC/C=C/CC/C=C/CCCCCC. The van der Waals surface area contributed by atoms with E-state index in [1.807, 2.05) is 6.08 Å². The third-order valence-electron chi connectivity index (χ3n) is 17.3. The van der Waals surface area contributed by atoms with E-state index in [0.29, 0.717) is 12.8 Å². The highest BCUT2D eigenvalue weighted by Crippen LogP contribution is 2.33. The molecule has 0 spiro atoms. The number of aliphatic hydroxyl groups is 11. The van der Waals surface area contributed by atoms with Gasteiger partial charge >= 0.3 is 0 Å². The Morgan fingerprint density at radius 3 is 1.14 bits per heavy atom. The summed E-state index contributed by atoms with van der Waals surface area (Å²) in [5, 5.41) is 120. The van der Waals surface area contributed by atoms with Crippen LogP contribution in [0.4, 0.5) is 0 Å². The molecule has 98 heavy (non-hydrogen) atoms. The molecule has 3 rings (SSSR count). The van der Waals surface area contributed by atoms with E-state index in [4.69, 9.17) is 28.4 Å². The molecule has 17 unspecified atom stereocenters. The first-order valence-electron chi connectivity index (χ1n) is 37.1. The van der Waals surface area contributed by atoms with Crippen molar-refractivity contribution in [2.45, 2.75) is 317 Å². The van der Waals surface area contributed by atoms with Gasteiger partial charge in [0.15, 0.2) is 18.9 Å². The molecule has 0 radical (unpaired) electrons. The molecule has 558 valence electrons. The van der Waals surface area contributed by atoms with Crippen molar-refractivity contribution in [3.05, 3.63) is 146 Å². The lowest BCUT2D eigenvalue weighted by molar-refractivity contribution is -0.379. The van der Waals surface area contributed by atoms with E-state index in [9.17, 15) is 61.0 Å². The molecule has 0 aliphatic carbocycles. The minimum absolute atomic E-state index is 0.219. The zero-order chi connectivity index (χ0) is 71.1. The number of hydrogen-bond acceptors (Lipinski definition) is 18. The average molecular weight is 1380 g/mol. The Balaban J connectivity index is 1.34. The molecular weight excluding hydrogens is 1250 g/mol. The number of ether oxygens (including phenoxy) is 6. The van der Waals surface area contributed by atoms with Crippen LogP contribution in [0.5, 0.6) is 0 Å². The standard InChI is InChI=1S/C79H129NO18/c1-3-5-7-9-11-13-15-17-19-20-21-22-23-24-25-26-27-28-29-30-31-32-33-34-35-36-37-38-39-40-41-42-43-45-47-49-51-53-55-57-67(85)80-62(63(84)56-54-52-50-48-46-44-18-16-14-12-10-8-6-4-2)61-93-77-73(91)70(88)75(65(59-82)95-77)98-79-74(92)71(89)76(66(60-83)96-79)97-78-72(90)69(87)68(86)64(58-81)94-78/h5,7,11,13-14,16-17,19,21-22,24-25,27-28,30-31,33-34,36-37,46,48,54,56,62-66,68-79,81-84,86-92H,3-4,6,8-10,12,15,18,20,23,26,29,32,35,38-45,47,49-53,55,57-61H2,1-2H3,(H,80,85)/b7-5-,13-11-,16-14+,19-17-,22-21-,25-24-,28-27-,31-30-,34-33-,37-36-,48-46+,56-54+. The van der Waals surface area contributed by atoms with Gasteiger partial charge in [0.1, 0.15) is 73.2 Å². The summed E-state index contributed by atoms with van der Waals surface area (Å²) in [6.07, 6.45) is 56.9. The molecule has 3 heterocycles. The fourth-order valence-electron chi connectivity index (χ4n) is 11.4. The van der Waals surface area contributed by atoms with Crippen molar-refractivity contribution in [3.63, 3.8) is 0 Å². The molecule has 0 saturated carbocycles. The molecule has 3 fully saturated rings. The number of carbonyl (C=O) groups is 1. The van der Waals surface area contributed by atoms with Crippen LogP contribution in [0, 0.1) is 0 Å². The van der Waals surface area contributed by atoms with Crippen LogP contribution < -0.4 is 5.32 Å². The Hall–Kier alpha value is -4.33. The minimum Gasteiger partial charge on any atom is -0.394 e. The predicted molar refractivity (Wildman–Crippen MR) is 387 cm³/mol. The number of nitrogens with one attached hydrogen (secondary N) is 1. The molecule has 1 amide bonds. The summed E-state index contributed by atoms with van der Waals surface area (Å²) in [6.45, 7) is 1.54. The molecule has 19 nitrogen and oxygen atoms in total. The van der Waals surface area contributed by atoms with Crippen LogP contribution in [0.3, 0.4) is 0 Å². The summed E-state index contributed by atoms with van der Waals surface area (Å²) >= 11 is 0. The monoisotopic (exact) mass is 1380 g/mol. The van der Waals surface area contributed by atoms with Gasteiger partial charge < -0.3 is 89.9 Å². The number of rotatable bonds is 55. The zero-order valence-corrected chi connectivity index (χ0v) is 59.2. The van der Waals surface area contributed by atoms with Crippen molar-refractivity contribution in [3.8, 4) is 0 Å². The van der Waals surface area contributed by atoms with Gasteiger partial charge in [-0.1, -0.05) is 237 Å². The second-order valence-electron chi connectivity index (χ2n) is 25.6. The van der Waals surface area contributed by atoms with E-state index in [0.717, 1.165) is 116 Å². The van der Waals surface area contributed by atoms with Gasteiger partial charge in [0, 0.05) is 6.42 Å². The molecule has 0 aromatic carbocycles. The molecule has 0 aromatic rings. The summed E-state index contributed by atoms with van der Waals surface area (Å²) in [4.78, 5) is 13.4. The van der Waals surface area contributed by atoms with Crippen LogP contribution >= 0.6 is 0 Å². The van der Waals surface area contributed by atoms with Crippen LogP contribution in [-0.4, -0.2) is 193 Å². The molecule has 19 heteroatoms. The maximum atomic E-state index is 13.4. The second kappa shape index (κ2) is 58.2. The quantitative estimate of drug-likeness (QED) is 0.0199. The average Bonchev–Trinajstić information content (AvgIpc) is 0.785. The lowest BCUT2D eigenvalue weighted by Crippen LogP contribution is -2.66. The van der Waals surface area contributed by atoms with Gasteiger partial charge in [-0.3, -0.25) is 4.79 Å². The third kappa shape index (κ3) is 38.6. The van der Waals surface area contributed by atoms with Crippen LogP contribution in [0.25, 0.3) is 0 Å². The van der Waals surface area contributed by atoms with Gasteiger partial charge in [0.25, 0.3) is 0 Å². The van der Waals surface area contributed by atoms with Gasteiger partial charge in [-0.25, -0.2) is 0 Å². The summed E-state index contributed by atoms with van der Waals surface area (Å²) in [5.41, 5.74) is 0. The lowest BCUT2D eigenvalue weighted by atomic mass is 9.96. The van der Waals surface area contributed by atoms with Crippen LogP contribution in [-0.2, 0) is 33.2 Å². The number of carbonyl (C=O) groups excluding carboxylic acids is 1. The molecule has 3 aliphatic heterocycles. The maximum Gasteiger partial charge on any atom is 0.220 e. The number of aliphatic hydroxyl groups excluding tert-OH is 11. The Kier molecular flexibility index (Phi) is 52.2. The number of unbranched alkanes of at least 4 members (excludes halogenated alkanes) is 17. The second-order valence-corrected chi connectivity index (χ2v) is 25.6. The van der Waals surface area contributed by atoms with E-state index in [1.54, 1.807) is 6.08 Å². The van der Waals surface area contributed by atoms with Gasteiger partial charge in [-0.15, -0.1) is 0 Å². The Morgan fingerprint density at radius 1 is 0.378 bits per heavy atom. The van der Waals surface area contributed by atoms with E-state index >= 15 is 0 Å². The van der Waals surface area contributed by atoms with E-state index in [2.05, 4.69) is 153 Å². The summed E-state index contributed by atoms with van der Waals surface area (Å²) in [5.74, 6) is -0.300. The molecule has 0 aromatic heterocycles. The van der Waals surface area contributed by atoms with Crippen molar-refractivity contribution < 1.29 is 89.4 Å². The van der Waals surface area contributed by atoms with Gasteiger partial charge in [-0.2, -0.15) is 0 Å². The van der Waals surface area contributed by atoms with Crippen molar-refractivity contribution in [2.24, 2.45) is 0 Å². The first kappa shape index (κ1) is 87.9. The third-order valence-corrected chi connectivity index (χ3v) is 17.3. The topological polar surface area (TPSA) is 307 Å². The highest BCUT2D eigenvalue weighted by Gasteiger charge is 2.53. The highest BCUT2D eigenvalue weighted by atomic mass is 16.8. The molecule has 0 bridgehead atoms. The summed E-state index contributed by atoms with van der Waals surface area (Å²) < 4.78 is 34.3. The fourth-order valence-corrected chi connectivity index (χ4v) is 11.4. The summed E-state index contributed by atoms with van der Waals surface area (Å²) in [7, 11) is 0. The number of amides is 1. The highest BCUT2D eigenvalue weighted by molar-refractivity contribution is 5.76. The maximum absolute atomic E-state index is 13.4. The largest absolute Gasteiger partial charge is 0.394 e. The Morgan fingerprint density at radius 2 is 0.714 bits per heavy atom. The van der Waals surface area contributed by atoms with Gasteiger partial charge in [-0.05, 0) is 116 Å². The Bertz CT molecular complexity index is 2340. The van der Waals surface area contributed by atoms with Crippen LogP contribution in [0.2, 0.25) is 0 Å². The van der Waals surface area contributed by atoms with Crippen LogP contribution in [0.15, 0.2) is 146 Å². The van der Waals surface area contributed by atoms with E-state index < -0.39 is 124 Å². The van der Waals surface area contributed by atoms with Crippen molar-refractivity contribution in [2.75, 3.05) is 26.4 Å². The number of allylic oxidation sites excluding steroid dienone is 23.